The van der Waals surface area contributed by atoms with Crippen LogP contribution in [0.15, 0.2) is 29.2 Å². The highest BCUT2D eigenvalue weighted by molar-refractivity contribution is 6.33. The lowest BCUT2D eigenvalue weighted by Crippen LogP contribution is -2.45. The predicted octanol–water partition coefficient (Wildman–Crippen LogP) is 3.49. The number of likely N-dealkylation sites (tertiary alicyclic amines) is 1. The first kappa shape index (κ1) is 19.5. The molecule has 1 aromatic carbocycles. The molecule has 1 aliphatic heterocycles. The lowest BCUT2D eigenvalue weighted by atomic mass is 10.1. The van der Waals surface area contributed by atoms with E-state index in [2.05, 4.69) is 10.4 Å². The van der Waals surface area contributed by atoms with Gasteiger partial charge in [-0.1, -0.05) is 29.3 Å². The van der Waals surface area contributed by atoms with E-state index in [1.165, 1.54) is 18.0 Å². The lowest BCUT2D eigenvalue weighted by Gasteiger charge is -2.32. The van der Waals surface area contributed by atoms with Gasteiger partial charge in [0.15, 0.2) is 0 Å². The third kappa shape index (κ3) is 4.20. The number of piperidine rings is 1. The van der Waals surface area contributed by atoms with Crippen LogP contribution in [-0.4, -0.2) is 47.0 Å². The molecule has 7 nitrogen and oxygen atoms in total. The zero-order valence-corrected chi connectivity index (χ0v) is 16.5. The number of methoxy groups -OCH3 is 1. The van der Waals surface area contributed by atoms with Crippen LogP contribution in [0, 0.1) is 6.92 Å². The minimum absolute atomic E-state index is 0.0388. The Morgan fingerprint density at radius 1 is 1.37 bits per heavy atom. The number of hydrogen-bond donors (Lipinski definition) is 1. The fourth-order valence-corrected chi connectivity index (χ4v) is 3.40. The molecule has 9 heteroatoms. The molecule has 1 fully saturated rings. The van der Waals surface area contributed by atoms with E-state index in [9.17, 15) is 9.59 Å². The zero-order valence-electron chi connectivity index (χ0n) is 15.0. The van der Waals surface area contributed by atoms with Crippen molar-refractivity contribution < 1.29 is 9.53 Å². The van der Waals surface area contributed by atoms with Crippen LogP contribution >= 0.6 is 23.2 Å². The summed E-state index contributed by atoms with van der Waals surface area (Å²) in [4.78, 5) is 26.0. The molecule has 2 heterocycles. The van der Waals surface area contributed by atoms with Crippen LogP contribution in [0.2, 0.25) is 10.0 Å². The molecule has 3 rings (SSSR count). The van der Waals surface area contributed by atoms with Gasteiger partial charge in [0.25, 0.3) is 5.56 Å². The topological polar surface area (TPSA) is 76.5 Å². The number of halogens is 2. The molecule has 1 aliphatic rings. The number of aromatic nitrogens is 2. The van der Waals surface area contributed by atoms with E-state index in [1.54, 1.807) is 17.0 Å². The summed E-state index contributed by atoms with van der Waals surface area (Å²) in [5.41, 5.74) is 1.44. The van der Waals surface area contributed by atoms with Gasteiger partial charge in [0.2, 0.25) is 0 Å². The smallest absolute Gasteiger partial charge is 0.409 e. The maximum atomic E-state index is 12.6. The Hall–Kier alpha value is -2.25. The van der Waals surface area contributed by atoms with E-state index >= 15 is 0 Å². The molecule has 0 spiro atoms. The number of ether oxygens (including phenoxy) is 1. The molecule has 144 valence electrons. The first-order chi connectivity index (χ1) is 12.9. The normalized spacial score (nSPS) is 16.9. The summed E-state index contributed by atoms with van der Waals surface area (Å²) in [7, 11) is 1.36. The summed E-state index contributed by atoms with van der Waals surface area (Å²) in [5.74, 6) is 0. The molecule has 1 aromatic heterocycles. The second kappa shape index (κ2) is 8.19. The van der Waals surface area contributed by atoms with Crippen LogP contribution in [0.25, 0.3) is 5.69 Å². The molecule has 27 heavy (non-hydrogen) atoms. The second-order valence-corrected chi connectivity index (χ2v) is 7.21. The third-order valence-electron chi connectivity index (χ3n) is 4.53. The van der Waals surface area contributed by atoms with E-state index in [-0.39, 0.29) is 17.2 Å². The molecule has 1 saturated heterocycles. The number of benzene rings is 1. The molecule has 0 saturated carbocycles. The van der Waals surface area contributed by atoms with Crippen LogP contribution in [0.3, 0.4) is 0 Å². The largest absolute Gasteiger partial charge is 0.453 e. The summed E-state index contributed by atoms with van der Waals surface area (Å²) >= 11 is 12.4. The number of anilines is 1. The number of rotatable bonds is 3. The Labute approximate surface area is 166 Å². The van der Waals surface area contributed by atoms with Crippen LogP contribution < -0.4 is 10.9 Å². The summed E-state index contributed by atoms with van der Waals surface area (Å²) in [6.45, 7) is 3.00. The fourth-order valence-electron chi connectivity index (χ4n) is 3.04. The van der Waals surface area contributed by atoms with Gasteiger partial charge in [-0.3, -0.25) is 4.79 Å². The lowest BCUT2D eigenvalue weighted by molar-refractivity contribution is 0.113. The Bertz CT molecular complexity index is 916. The number of aryl methyl sites for hydroxylation is 1. The quantitative estimate of drug-likeness (QED) is 0.837. The van der Waals surface area contributed by atoms with Crippen molar-refractivity contribution in [2.45, 2.75) is 25.8 Å². The SMILES string of the molecule is COC(=O)N1CCCC(Nc2cnn(-c3ccc(C)c(Cl)c3)c(=O)c2Cl)C1. The molecule has 2 aromatic rings. The highest BCUT2D eigenvalue weighted by Crippen LogP contribution is 2.23. The van der Waals surface area contributed by atoms with Crippen LogP contribution in [0.4, 0.5) is 10.5 Å². The monoisotopic (exact) mass is 410 g/mol. The maximum Gasteiger partial charge on any atom is 0.409 e. The Morgan fingerprint density at radius 3 is 2.85 bits per heavy atom. The predicted molar refractivity (Wildman–Crippen MR) is 105 cm³/mol. The van der Waals surface area contributed by atoms with Crippen molar-refractivity contribution in [3.63, 3.8) is 0 Å². The first-order valence-corrected chi connectivity index (χ1v) is 9.30. The average molecular weight is 411 g/mol. The molecule has 0 aliphatic carbocycles. The summed E-state index contributed by atoms with van der Waals surface area (Å²) < 4.78 is 5.98. The first-order valence-electron chi connectivity index (χ1n) is 8.54. The van der Waals surface area contributed by atoms with E-state index in [0.29, 0.717) is 29.5 Å². The molecule has 1 N–H and O–H groups in total. The van der Waals surface area contributed by atoms with Crippen LogP contribution in [-0.2, 0) is 4.74 Å². The highest BCUT2D eigenvalue weighted by atomic mass is 35.5. The molecular formula is C18H20Cl2N4O3. The van der Waals surface area contributed by atoms with Crippen molar-refractivity contribution in [1.82, 2.24) is 14.7 Å². The zero-order chi connectivity index (χ0) is 19.6. The molecule has 1 amide bonds. The molecule has 1 unspecified atom stereocenters. The Morgan fingerprint density at radius 2 is 2.15 bits per heavy atom. The van der Waals surface area contributed by atoms with Gasteiger partial charge in [0.1, 0.15) is 5.02 Å². The van der Waals surface area contributed by atoms with Gasteiger partial charge in [-0.2, -0.15) is 9.78 Å². The van der Waals surface area contributed by atoms with Crippen LogP contribution in [0.1, 0.15) is 18.4 Å². The number of nitrogens with zero attached hydrogens (tertiary/aromatic N) is 3. The number of carbonyl (C=O) groups excluding carboxylic acids is 1. The summed E-state index contributed by atoms with van der Waals surface area (Å²) in [6, 6.07) is 5.20. The minimum Gasteiger partial charge on any atom is -0.453 e. The van der Waals surface area contributed by atoms with Gasteiger partial charge in [-0.15, -0.1) is 0 Å². The van der Waals surface area contributed by atoms with Crippen LogP contribution in [0.5, 0.6) is 0 Å². The highest BCUT2D eigenvalue weighted by Gasteiger charge is 2.25. The van der Waals surface area contributed by atoms with E-state index in [1.807, 2.05) is 13.0 Å². The van der Waals surface area contributed by atoms with Gasteiger partial charge in [0, 0.05) is 24.2 Å². The average Bonchev–Trinajstić information content (AvgIpc) is 2.67. The maximum absolute atomic E-state index is 12.6. The van der Waals surface area contributed by atoms with Crippen molar-refractivity contribution in [2.75, 3.05) is 25.5 Å². The summed E-state index contributed by atoms with van der Waals surface area (Å²) in [6.07, 6.45) is 2.82. The van der Waals surface area contributed by atoms with E-state index in [4.69, 9.17) is 27.9 Å². The molecule has 1 atom stereocenters. The Balaban J connectivity index is 1.82. The number of hydrogen-bond acceptors (Lipinski definition) is 5. The third-order valence-corrected chi connectivity index (χ3v) is 5.31. The molecule has 0 bridgehead atoms. The van der Waals surface area contributed by atoms with Crippen molar-refractivity contribution in [1.29, 1.82) is 0 Å². The second-order valence-electron chi connectivity index (χ2n) is 6.42. The number of amides is 1. The van der Waals surface area contributed by atoms with Crippen molar-refractivity contribution >= 4 is 35.0 Å². The number of nitrogens with one attached hydrogen (secondary N) is 1. The van der Waals surface area contributed by atoms with Gasteiger partial charge < -0.3 is 15.0 Å². The van der Waals surface area contributed by atoms with Crippen molar-refractivity contribution in [3.05, 3.63) is 50.4 Å². The minimum atomic E-state index is -0.442. The van der Waals surface area contributed by atoms with Gasteiger partial charge in [0.05, 0.1) is 24.7 Å². The summed E-state index contributed by atoms with van der Waals surface area (Å²) in [5, 5.41) is 8.01. The van der Waals surface area contributed by atoms with Crippen molar-refractivity contribution in [3.8, 4) is 5.69 Å². The van der Waals surface area contributed by atoms with E-state index in [0.717, 1.165) is 18.4 Å². The fraction of sp³-hybridized carbons (Fsp3) is 0.389. The van der Waals surface area contributed by atoms with Gasteiger partial charge >= 0.3 is 6.09 Å². The van der Waals surface area contributed by atoms with Gasteiger partial charge in [-0.25, -0.2) is 4.79 Å². The molecular weight excluding hydrogens is 391 g/mol. The molecule has 0 radical (unpaired) electrons. The van der Waals surface area contributed by atoms with Gasteiger partial charge in [-0.05, 0) is 37.5 Å². The number of carbonyl (C=O) groups is 1. The van der Waals surface area contributed by atoms with E-state index < -0.39 is 5.56 Å². The van der Waals surface area contributed by atoms with Crippen molar-refractivity contribution in [2.24, 2.45) is 0 Å². The standard InChI is InChI=1S/C18H20Cl2N4O3/c1-11-5-6-13(8-14(11)19)24-17(25)16(20)15(9-21-24)22-12-4-3-7-23(10-12)18(26)27-2/h5-6,8-9,12,22H,3-4,7,10H2,1-2H3. The Kier molecular flexibility index (Phi) is 5.92.